The molecule has 0 aliphatic heterocycles. The molecule has 1 N–H and O–H groups in total. The molecule has 1 aromatic carbocycles. The van der Waals surface area contributed by atoms with E-state index in [-0.39, 0.29) is 13.0 Å². The summed E-state index contributed by atoms with van der Waals surface area (Å²) in [6.45, 7) is 3.74. The van der Waals surface area contributed by atoms with Crippen molar-refractivity contribution in [1.82, 2.24) is 0 Å². The third-order valence-electron chi connectivity index (χ3n) is 2.40. The summed E-state index contributed by atoms with van der Waals surface area (Å²) in [4.78, 5) is 11.0. The van der Waals surface area contributed by atoms with Gasteiger partial charge in [0.25, 0.3) is 0 Å². The monoisotopic (exact) mass is 250 g/mol. The minimum Gasteiger partial charge on any atom is -0.491 e. The zero-order valence-electron chi connectivity index (χ0n) is 10.5. The largest absolute Gasteiger partial charge is 0.491 e. The van der Waals surface area contributed by atoms with Crippen molar-refractivity contribution in [2.24, 2.45) is 0 Å². The standard InChI is InChI=1S/C14H18O4/c1-3-6-11-7-4-5-8-13(11)18-10-12(15)9-14(16)17-2/h3-5,7-8,12,15H,1,6,9-10H2,2H3/t12-/m0/s1. The third-order valence-corrected chi connectivity index (χ3v) is 2.40. The van der Waals surface area contributed by atoms with E-state index in [4.69, 9.17) is 4.74 Å². The van der Waals surface area contributed by atoms with Gasteiger partial charge >= 0.3 is 5.97 Å². The van der Waals surface area contributed by atoms with Crippen molar-refractivity contribution in [1.29, 1.82) is 0 Å². The number of carbonyl (C=O) groups is 1. The first-order valence-corrected chi connectivity index (χ1v) is 5.73. The van der Waals surface area contributed by atoms with Gasteiger partial charge in [-0.3, -0.25) is 4.79 Å². The maximum absolute atomic E-state index is 11.0. The number of carbonyl (C=O) groups excluding carboxylic acids is 1. The van der Waals surface area contributed by atoms with Gasteiger partial charge in [-0.15, -0.1) is 6.58 Å². The van der Waals surface area contributed by atoms with Crippen LogP contribution < -0.4 is 4.74 Å². The van der Waals surface area contributed by atoms with Crippen LogP contribution in [0.2, 0.25) is 0 Å². The highest BCUT2D eigenvalue weighted by molar-refractivity contribution is 5.69. The molecule has 4 nitrogen and oxygen atoms in total. The van der Waals surface area contributed by atoms with Crippen molar-refractivity contribution >= 4 is 5.97 Å². The van der Waals surface area contributed by atoms with Gasteiger partial charge in [0.15, 0.2) is 0 Å². The van der Waals surface area contributed by atoms with Crippen molar-refractivity contribution in [2.75, 3.05) is 13.7 Å². The molecule has 0 saturated heterocycles. The van der Waals surface area contributed by atoms with Gasteiger partial charge in [0.05, 0.1) is 19.6 Å². The summed E-state index contributed by atoms with van der Waals surface area (Å²) in [6, 6.07) is 7.53. The number of para-hydroxylation sites is 1. The van der Waals surface area contributed by atoms with E-state index < -0.39 is 12.1 Å². The zero-order valence-corrected chi connectivity index (χ0v) is 10.5. The van der Waals surface area contributed by atoms with Crippen LogP contribution >= 0.6 is 0 Å². The Morgan fingerprint density at radius 1 is 1.50 bits per heavy atom. The number of hydrogen-bond donors (Lipinski definition) is 1. The summed E-state index contributed by atoms with van der Waals surface area (Å²) in [5.41, 5.74) is 0.998. The molecule has 0 aliphatic rings. The number of aliphatic hydroxyl groups excluding tert-OH is 1. The molecule has 0 aromatic heterocycles. The van der Waals surface area contributed by atoms with Crippen LogP contribution in [0.25, 0.3) is 0 Å². The van der Waals surface area contributed by atoms with Crippen molar-refractivity contribution in [2.45, 2.75) is 18.9 Å². The molecule has 0 radical (unpaired) electrons. The molecule has 0 bridgehead atoms. The predicted molar refractivity (Wildman–Crippen MR) is 68.5 cm³/mol. The third kappa shape index (κ3) is 4.59. The van der Waals surface area contributed by atoms with Crippen molar-refractivity contribution in [3.8, 4) is 5.75 Å². The maximum atomic E-state index is 11.0. The van der Waals surface area contributed by atoms with E-state index in [2.05, 4.69) is 11.3 Å². The molecule has 1 atom stereocenters. The van der Waals surface area contributed by atoms with Crippen LogP contribution in [0.4, 0.5) is 0 Å². The van der Waals surface area contributed by atoms with E-state index in [0.717, 1.165) is 5.56 Å². The molecule has 0 saturated carbocycles. The second kappa shape index (κ2) is 7.50. The van der Waals surface area contributed by atoms with Gasteiger partial charge in [-0.05, 0) is 18.1 Å². The second-order valence-electron chi connectivity index (χ2n) is 3.85. The second-order valence-corrected chi connectivity index (χ2v) is 3.85. The fraction of sp³-hybridized carbons (Fsp3) is 0.357. The van der Waals surface area contributed by atoms with Gasteiger partial charge < -0.3 is 14.6 Å². The Balaban J connectivity index is 2.52. The molecule has 4 heteroatoms. The minimum atomic E-state index is -0.866. The van der Waals surface area contributed by atoms with Gasteiger partial charge in [0.1, 0.15) is 12.4 Å². The zero-order chi connectivity index (χ0) is 13.4. The fourth-order valence-corrected chi connectivity index (χ4v) is 1.49. The summed E-state index contributed by atoms with van der Waals surface area (Å²) in [5.74, 6) is 0.242. The predicted octanol–water partition coefficient (Wildman–Crippen LogP) is 1.72. The van der Waals surface area contributed by atoms with Crippen LogP contribution in [-0.4, -0.2) is 30.9 Å². The van der Waals surface area contributed by atoms with Crippen LogP contribution in [-0.2, 0) is 16.0 Å². The number of hydrogen-bond acceptors (Lipinski definition) is 4. The summed E-state index contributed by atoms with van der Waals surface area (Å²) in [6.07, 6.45) is 1.55. The van der Waals surface area contributed by atoms with E-state index >= 15 is 0 Å². The highest BCUT2D eigenvalue weighted by Gasteiger charge is 2.12. The number of ether oxygens (including phenoxy) is 2. The first-order valence-electron chi connectivity index (χ1n) is 5.73. The molecule has 0 aliphatic carbocycles. The number of benzene rings is 1. The van der Waals surface area contributed by atoms with E-state index in [1.165, 1.54) is 7.11 Å². The normalized spacial score (nSPS) is 11.7. The van der Waals surface area contributed by atoms with Gasteiger partial charge in [0.2, 0.25) is 0 Å². The Kier molecular flexibility index (Phi) is 5.94. The van der Waals surface area contributed by atoms with Crippen LogP contribution in [0.5, 0.6) is 5.75 Å². The smallest absolute Gasteiger partial charge is 0.308 e. The van der Waals surface area contributed by atoms with Gasteiger partial charge in [0, 0.05) is 0 Å². The van der Waals surface area contributed by atoms with Gasteiger partial charge in [-0.1, -0.05) is 24.3 Å². The molecule has 0 unspecified atom stereocenters. The van der Waals surface area contributed by atoms with Crippen LogP contribution in [0, 0.1) is 0 Å². The van der Waals surface area contributed by atoms with Crippen molar-refractivity contribution in [3.05, 3.63) is 42.5 Å². The van der Waals surface area contributed by atoms with Crippen LogP contribution in [0.3, 0.4) is 0 Å². The maximum Gasteiger partial charge on any atom is 0.308 e. The molecule has 0 amide bonds. The SMILES string of the molecule is C=CCc1ccccc1OC[C@@H](O)CC(=O)OC. The summed E-state index contributed by atoms with van der Waals surface area (Å²) in [5, 5.41) is 9.59. The molecule has 0 fully saturated rings. The molecule has 0 heterocycles. The molecular formula is C14H18O4. The van der Waals surface area contributed by atoms with Crippen molar-refractivity contribution in [3.63, 3.8) is 0 Å². The number of allylic oxidation sites excluding steroid dienone is 1. The highest BCUT2D eigenvalue weighted by Crippen LogP contribution is 2.19. The molecule has 98 valence electrons. The number of esters is 1. The molecule has 1 aromatic rings. The van der Waals surface area contributed by atoms with Gasteiger partial charge in [-0.2, -0.15) is 0 Å². The Labute approximate surface area is 107 Å². The Morgan fingerprint density at radius 3 is 2.89 bits per heavy atom. The first kappa shape index (κ1) is 14.3. The molecule has 1 rings (SSSR count). The van der Waals surface area contributed by atoms with E-state index in [0.29, 0.717) is 12.2 Å². The number of methoxy groups -OCH3 is 1. The lowest BCUT2D eigenvalue weighted by Crippen LogP contribution is -2.22. The number of rotatable bonds is 7. The lowest BCUT2D eigenvalue weighted by atomic mass is 10.1. The lowest BCUT2D eigenvalue weighted by molar-refractivity contribution is -0.143. The minimum absolute atomic E-state index is 0.0588. The quantitative estimate of drug-likeness (QED) is 0.591. The average molecular weight is 250 g/mol. The molecule has 18 heavy (non-hydrogen) atoms. The van der Waals surface area contributed by atoms with Crippen LogP contribution in [0.1, 0.15) is 12.0 Å². The number of aliphatic hydroxyl groups is 1. The lowest BCUT2D eigenvalue weighted by Gasteiger charge is -2.13. The first-order chi connectivity index (χ1) is 8.67. The topological polar surface area (TPSA) is 55.8 Å². The van der Waals surface area contributed by atoms with E-state index in [9.17, 15) is 9.90 Å². The summed E-state index contributed by atoms with van der Waals surface area (Å²) in [7, 11) is 1.29. The summed E-state index contributed by atoms with van der Waals surface area (Å²) >= 11 is 0. The highest BCUT2D eigenvalue weighted by atomic mass is 16.5. The van der Waals surface area contributed by atoms with E-state index in [1.54, 1.807) is 6.08 Å². The average Bonchev–Trinajstić information content (AvgIpc) is 2.38. The van der Waals surface area contributed by atoms with Gasteiger partial charge in [-0.25, -0.2) is 0 Å². The van der Waals surface area contributed by atoms with E-state index in [1.807, 2.05) is 24.3 Å². The fourth-order valence-electron chi connectivity index (χ4n) is 1.49. The Hall–Kier alpha value is -1.81. The Bertz CT molecular complexity index is 401. The van der Waals surface area contributed by atoms with Crippen LogP contribution in [0.15, 0.2) is 36.9 Å². The molecular weight excluding hydrogens is 232 g/mol. The van der Waals surface area contributed by atoms with Crippen molar-refractivity contribution < 1.29 is 19.4 Å². The Morgan fingerprint density at radius 2 is 2.22 bits per heavy atom. The molecule has 0 spiro atoms. The summed E-state index contributed by atoms with van der Waals surface area (Å²) < 4.78 is 9.96.